The molecule has 0 spiro atoms. The van der Waals surface area contributed by atoms with Crippen LogP contribution in [0.3, 0.4) is 0 Å². The van der Waals surface area contributed by atoms with E-state index in [1.165, 1.54) is 6.33 Å². The number of ether oxygens (including phenoxy) is 1. The van der Waals surface area contributed by atoms with Crippen LogP contribution in [-0.4, -0.2) is 48.7 Å². The molecule has 3 rings (SSSR count). The van der Waals surface area contributed by atoms with Crippen LogP contribution in [0.5, 0.6) is 0 Å². The third-order valence-corrected chi connectivity index (χ3v) is 3.73. The summed E-state index contributed by atoms with van der Waals surface area (Å²) in [6.45, 7) is 3.56. The van der Waals surface area contributed by atoms with E-state index >= 15 is 0 Å². The van der Waals surface area contributed by atoms with E-state index in [-0.39, 0.29) is 18.8 Å². The molecule has 0 radical (unpaired) electrons. The Labute approximate surface area is 116 Å². The third-order valence-electron chi connectivity index (χ3n) is 3.73. The molecule has 2 heterocycles. The summed E-state index contributed by atoms with van der Waals surface area (Å²) in [7, 11) is 0. The van der Waals surface area contributed by atoms with Crippen LogP contribution < -0.4 is 10.2 Å². The van der Waals surface area contributed by atoms with Gasteiger partial charge in [0.1, 0.15) is 18.0 Å². The molecule has 0 unspecified atom stereocenters. The lowest BCUT2D eigenvalue weighted by molar-refractivity contribution is -0.106. The van der Waals surface area contributed by atoms with E-state index in [4.69, 9.17) is 4.74 Å². The molecular formula is C13H18F2N4O. The van der Waals surface area contributed by atoms with Crippen molar-refractivity contribution in [2.75, 3.05) is 43.1 Å². The second-order valence-corrected chi connectivity index (χ2v) is 5.37. The molecular weight excluding hydrogens is 266 g/mol. The zero-order valence-corrected chi connectivity index (χ0v) is 11.2. The molecule has 0 amide bonds. The van der Waals surface area contributed by atoms with Crippen molar-refractivity contribution in [1.29, 1.82) is 0 Å². The van der Waals surface area contributed by atoms with Gasteiger partial charge in [-0.05, 0) is 5.92 Å². The summed E-state index contributed by atoms with van der Waals surface area (Å²) >= 11 is 0. The summed E-state index contributed by atoms with van der Waals surface area (Å²) in [5, 5.41) is 3.12. The minimum Gasteiger partial charge on any atom is -0.378 e. The molecule has 2 fully saturated rings. The second-order valence-electron chi connectivity index (χ2n) is 5.37. The summed E-state index contributed by atoms with van der Waals surface area (Å²) in [6, 6.07) is 1.86. The number of anilines is 2. The van der Waals surface area contributed by atoms with Crippen LogP contribution in [0.1, 0.15) is 12.8 Å². The number of hydrogen-bond acceptors (Lipinski definition) is 5. The van der Waals surface area contributed by atoms with Crippen molar-refractivity contribution in [1.82, 2.24) is 9.97 Å². The molecule has 1 N–H and O–H groups in total. The zero-order chi connectivity index (χ0) is 14.0. The fourth-order valence-corrected chi connectivity index (χ4v) is 2.59. The molecule has 1 saturated heterocycles. The van der Waals surface area contributed by atoms with Gasteiger partial charge >= 0.3 is 0 Å². The second kappa shape index (κ2) is 5.47. The lowest BCUT2D eigenvalue weighted by Gasteiger charge is -2.35. The van der Waals surface area contributed by atoms with Gasteiger partial charge < -0.3 is 15.0 Å². The number of rotatable bonds is 4. The van der Waals surface area contributed by atoms with Gasteiger partial charge in [0, 0.05) is 38.5 Å². The number of nitrogens with one attached hydrogen (secondary N) is 1. The first-order valence-electron chi connectivity index (χ1n) is 6.89. The maximum Gasteiger partial charge on any atom is 0.248 e. The average molecular weight is 284 g/mol. The molecule has 20 heavy (non-hydrogen) atoms. The molecule has 1 aromatic rings. The molecule has 1 saturated carbocycles. The van der Waals surface area contributed by atoms with E-state index in [2.05, 4.69) is 20.2 Å². The number of hydrogen-bond donors (Lipinski definition) is 1. The Hall–Kier alpha value is -1.50. The van der Waals surface area contributed by atoms with E-state index in [1.807, 2.05) is 6.07 Å². The van der Waals surface area contributed by atoms with Crippen LogP contribution in [0, 0.1) is 5.92 Å². The first kappa shape index (κ1) is 13.5. The Morgan fingerprint density at radius 3 is 2.75 bits per heavy atom. The largest absolute Gasteiger partial charge is 0.378 e. The van der Waals surface area contributed by atoms with Crippen molar-refractivity contribution in [3.63, 3.8) is 0 Å². The Balaban J connectivity index is 1.54. The monoisotopic (exact) mass is 284 g/mol. The van der Waals surface area contributed by atoms with Crippen molar-refractivity contribution < 1.29 is 13.5 Å². The number of halogens is 2. The maximum atomic E-state index is 12.7. The summed E-state index contributed by atoms with van der Waals surface area (Å²) in [4.78, 5) is 10.5. The third kappa shape index (κ3) is 3.15. The Morgan fingerprint density at radius 1 is 1.30 bits per heavy atom. The summed E-state index contributed by atoms with van der Waals surface area (Å²) < 4.78 is 30.8. The smallest absolute Gasteiger partial charge is 0.248 e. The minimum atomic E-state index is -2.46. The fourth-order valence-electron chi connectivity index (χ4n) is 2.59. The van der Waals surface area contributed by atoms with Crippen molar-refractivity contribution in [2.45, 2.75) is 18.8 Å². The van der Waals surface area contributed by atoms with Crippen LogP contribution in [-0.2, 0) is 4.74 Å². The molecule has 1 aromatic heterocycles. The number of nitrogens with zero attached hydrogens (tertiary/aromatic N) is 3. The van der Waals surface area contributed by atoms with Gasteiger partial charge in [-0.2, -0.15) is 0 Å². The summed E-state index contributed by atoms with van der Waals surface area (Å²) in [5.41, 5.74) is 0. The van der Waals surface area contributed by atoms with Crippen LogP contribution in [0.4, 0.5) is 20.4 Å². The van der Waals surface area contributed by atoms with Crippen LogP contribution >= 0.6 is 0 Å². The molecule has 0 bridgehead atoms. The molecule has 0 atom stereocenters. The molecule has 1 aliphatic carbocycles. The van der Waals surface area contributed by atoms with E-state index in [1.54, 1.807) is 0 Å². The first-order valence-corrected chi connectivity index (χ1v) is 6.89. The van der Waals surface area contributed by atoms with Gasteiger partial charge in [0.2, 0.25) is 5.92 Å². The van der Waals surface area contributed by atoms with Gasteiger partial charge in [0.15, 0.2) is 0 Å². The lowest BCUT2D eigenvalue weighted by Crippen LogP contribution is -2.39. The van der Waals surface area contributed by atoms with Gasteiger partial charge in [-0.15, -0.1) is 0 Å². The van der Waals surface area contributed by atoms with Gasteiger partial charge in [-0.3, -0.25) is 0 Å². The standard InChI is InChI=1S/C13H18F2N4O/c14-13(15)6-10(7-13)8-16-11-5-12(18-9-17-11)19-1-3-20-4-2-19/h5,9-10H,1-4,6-8H2,(H,16,17,18). The highest BCUT2D eigenvalue weighted by atomic mass is 19.3. The van der Waals surface area contributed by atoms with E-state index < -0.39 is 5.92 Å². The highest BCUT2D eigenvalue weighted by Gasteiger charge is 2.44. The minimum absolute atomic E-state index is 0.0264. The highest BCUT2D eigenvalue weighted by Crippen LogP contribution is 2.42. The quantitative estimate of drug-likeness (QED) is 0.913. The number of alkyl halides is 2. The predicted molar refractivity (Wildman–Crippen MR) is 71.2 cm³/mol. The van der Waals surface area contributed by atoms with Crippen LogP contribution in [0.25, 0.3) is 0 Å². The van der Waals surface area contributed by atoms with Gasteiger partial charge in [-0.25, -0.2) is 18.7 Å². The maximum absolute atomic E-state index is 12.7. The fraction of sp³-hybridized carbons (Fsp3) is 0.692. The molecule has 2 aliphatic rings. The molecule has 1 aliphatic heterocycles. The van der Waals surface area contributed by atoms with E-state index in [9.17, 15) is 8.78 Å². The number of aromatic nitrogens is 2. The zero-order valence-electron chi connectivity index (χ0n) is 11.2. The van der Waals surface area contributed by atoms with Crippen LogP contribution in [0.2, 0.25) is 0 Å². The summed E-state index contributed by atoms with van der Waals surface area (Å²) in [5.74, 6) is -0.884. The van der Waals surface area contributed by atoms with Gasteiger partial charge in [-0.1, -0.05) is 0 Å². The van der Waals surface area contributed by atoms with Crippen molar-refractivity contribution >= 4 is 11.6 Å². The molecule has 5 nitrogen and oxygen atoms in total. The Kier molecular flexibility index (Phi) is 3.69. The van der Waals surface area contributed by atoms with E-state index in [0.717, 1.165) is 18.9 Å². The normalized spacial score (nSPS) is 22.4. The lowest BCUT2D eigenvalue weighted by atomic mass is 9.81. The molecule has 7 heteroatoms. The SMILES string of the molecule is FC1(F)CC(CNc2cc(N3CCOCC3)ncn2)C1. The topological polar surface area (TPSA) is 50.3 Å². The number of morpholine rings is 1. The van der Waals surface area contributed by atoms with Crippen molar-refractivity contribution in [2.24, 2.45) is 5.92 Å². The molecule has 0 aromatic carbocycles. The van der Waals surface area contributed by atoms with Gasteiger partial charge in [0.05, 0.1) is 13.2 Å². The van der Waals surface area contributed by atoms with Gasteiger partial charge in [0.25, 0.3) is 0 Å². The average Bonchev–Trinajstić information content (AvgIpc) is 2.44. The predicted octanol–water partition coefficient (Wildman–Crippen LogP) is 1.77. The van der Waals surface area contributed by atoms with Crippen molar-refractivity contribution in [3.8, 4) is 0 Å². The first-order chi connectivity index (χ1) is 9.62. The van der Waals surface area contributed by atoms with Crippen molar-refractivity contribution in [3.05, 3.63) is 12.4 Å². The summed E-state index contributed by atoms with van der Waals surface area (Å²) in [6.07, 6.45) is 1.45. The van der Waals surface area contributed by atoms with Crippen LogP contribution in [0.15, 0.2) is 12.4 Å². The highest BCUT2D eigenvalue weighted by molar-refractivity contribution is 5.48. The Bertz CT molecular complexity index is 457. The van der Waals surface area contributed by atoms with E-state index in [0.29, 0.717) is 25.6 Å². The molecule has 110 valence electrons. The Morgan fingerprint density at radius 2 is 2.05 bits per heavy atom.